The summed E-state index contributed by atoms with van der Waals surface area (Å²) in [7, 11) is 0. The summed E-state index contributed by atoms with van der Waals surface area (Å²) in [4.78, 5) is 11.8. The Bertz CT molecular complexity index is 493. The van der Waals surface area contributed by atoms with E-state index in [0.717, 1.165) is 11.1 Å². The summed E-state index contributed by atoms with van der Waals surface area (Å²) >= 11 is 0. The van der Waals surface area contributed by atoms with E-state index in [4.69, 9.17) is 5.73 Å². The van der Waals surface area contributed by atoms with Crippen LogP contribution in [0, 0.1) is 0 Å². The maximum atomic E-state index is 11.8. The number of hydrogen-bond acceptors (Lipinski definition) is 3. The maximum Gasteiger partial charge on any atom is 0.251 e. The van der Waals surface area contributed by atoms with E-state index in [1.807, 2.05) is 12.1 Å². The first-order valence-electron chi connectivity index (χ1n) is 5.34. The minimum Gasteiger partial charge on any atom is -0.348 e. The lowest BCUT2D eigenvalue weighted by Crippen LogP contribution is -2.22. The van der Waals surface area contributed by atoms with Crippen molar-refractivity contribution in [2.45, 2.75) is 13.1 Å². The van der Waals surface area contributed by atoms with Gasteiger partial charge in [-0.25, -0.2) is 0 Å². The largest absolute Gasteiger partial charge is 0.348 e. The van der Waals surface area contributed by atoms with Gasteiger partial charge in [0, 0.05) is 30.4 Å². The third-order valence-corrected chi connectivity index (χ3v) is 2.43. The van der Waals surface area contributed by atoms with Crippen LogP contribution >= 0.6 is 0 Å². The van der Waals surface area contributed by atoms with E-state index in [0.29, 0.717) is 18.7 Å². The van der Waals surface area contributed by atoms with E-state index in [1.165, 1.54) is 0 Å². The Hall–Kier alpha value is -2.14. The molecule has 0 atom stereocenters. The number of benzene rings is 1. The van der Waals surface area contributed by atoms with Gasteiger partial charge in [0.05, 0.1) is 6.20 Å². The van der Waals surface area contributed by atoms with Crippen molar-refractivity contribution in [1.82, 2.24) is 15.5 Å². The van der Waals surface area contributed by atoms with Crippen molar-refractivity contribution < 1.29 is 4.79 Å². The van der Waals surface area contributed by atoms with Crippen LogP contribution < -0.4 is 11.1 Å². The third kappa shape index (κ3) is 2.92. The first-order valence-corrected chi connectivity index (χ1v) is 5.34. The second kappa shape index (κ2) is 5.27. The quantitative estimate of drug-likeness (QED) is 0.726. The Morgan fingerprint density at radius 1 is 1.41 bits per heavy atom. The molecule has 0 spiro atoms. The van der Waals surface area contributed by atoms with E-state index in [-0.39, 0.29) is 5.91 Å². The molecule has 0 fully saturated rings. The highest BCUT2D eigenvalue weighted by molar-refractivity contribution is 5.94. The SMILES string of the molecule is NCc1cccc(C(=O)NCc2cn[nH]c2)c1. The monoisotopic (exact) mass is 230 g/mol. The molecule has 0 bridgehead atoms. The highest BCUT2D eigenvalue weighted by Crippen LogP contribution is 2.05. The van der Waals surface area contributed by atoms with Gasteiger partial charge in [0.25, 0.3) is 5.91 Å². The Labute approximate surface area is 99.0 Å². The molecule has 17 heavy (non-hydrogen) atoms. The van der Waals surface area contributed by atoms with Gasteiger partial charge in [-0.1, -0.05) is 12.1 Å². The summed E-state index contributed by atoms with van der Waals surface area (Å²) in [5.74, 6) is -0.110. The average Bonchev–Trinajstić information content (AvgIpc) is 2.89. The summed E-state index contributed by atoms with van der Waals surface area (Å²) in [5, 5.41) is 9.31. The Morgan fingerprint density at radius 2 is 2.29 bits per heavy atom. The number of H-pyrrole nitrogens is 1. The minimum atomic E-state index is -0.110. The minimum absolute atomic E-state index is 0.110. The van der Waals surface area contributed by atoms with Crippen LogP contribution in [-0.4, -0.2) is 16.1 Å². The zero-order valence-corrected chi connectivity index (χ0v) is 9.31. The fourth-order valence-corrected chi connectivity index (χ4v) is 1.50. The topological polar surface area (TPSA) is 83.8 Å². The van der Waals surface area contributed by atoms with Crippen molar-refractivity contribution in [2.24, 2.45) is 5.73 Å². The molecule has 2 rings (SSSR count). The summed E-state index contributed by atoms with van der Waals surface area (Å²) < 4.78 is 0. The average molecular weight is 230 g/mol. The van der Waals surface area contributed by atoms with Gasteiger partial charge in [-0.05, 0) is 17.7 Å². The molecule has 1 aromatic carbocycles. The zero-order chi connectivity index (χ0) is 12.1. The smallest absolute Gasteiger partial charge is 0.251 e. The van der Waals surface area contributed by atoms with Gasteiger partial charge < -0.3 is 11.1 Å². The molecule has 88 valence electrons. The van der Waals surface area contributed by atoms with Crippen LogP contribution in [-0.2, 0) is 13.1 Å². The molecule has 0 saturated heterocycles. The van der Waals surface area contributed by atoms with Crippen LogP contribution in [0.3, 0.4) is 0 Å². The van der Waals surface area contributed by atoms with Gasteiger partial charge >= 0.3 is 0 Å². The van der Waals surface area contributed by atoms with E-state index < -0.39 is 0 Å². The number of nitrogens with one attached hydrogen (secondary N) is 2. The molecule has 4 N–H and O–H groups in total. The molecular weight excluding hydrogens is 216 g/mol. The number of amides is 1. The second-order valence-corrected chi connectivity index (χ2v) is 3.69. The molecule has 0 aliphatic heterocycles. The Morgan fingerprint density at radius 3 is 3.00 bits per heavy atom. The predicted octanol–water partition coefficient (Wildman–Crippen LogP) is 0.798. The predicted molar refractivity (Wildman–Crippen MR) is 64.1 cm³/mol. The van der Waals surface area contributed by atoms with Gasteiger partial charge in [-0.2, -0.15) is 5.10 Å². The van der Waals surface area contributed by atoms with E-state index in [1.54, 1.807) is 24.5 Å². The van der Waals surface area contributed by atoms with Gasteiger partial charge in [0.2, 0.25) is 0 Å². The molecule has 5 heteroatoms. The molecule has 0 unspecified atom stereocenters. The molecule has 0 radical (unpaired) electrons. The van der Waals surface area contributed by atoms with Crippen molar-refractivity contribution in [3.8, 4) is 0 Å². The van der Waals surface area contributed by atoms with Crippen molar-refractivity contribution in [2.75, 3.05) is 0 Å². The number of carbonyl (C=O) groups is 1. The number of carbonyl (C=O) groups excluding carboxylic acids is 1. The van der Waals surface area contributed by atoms with Gasteiger partial charge in [-0.3, -0.25) is 9.89 Å². The molecule has 1 aromatic heterocycles. The lowest BCUT2D eigenvalue weighted by Gasteiger charge is -2.05. The van der Waals surface area contributed by atoms with Gasteiger partial charge in [0.1, 0.15) is 0 Å². The summed E-state index contributed by atoms with van der Waals surface area (Å²) in [6, 6.07) is 7.29. The van der Waals surface area contributed by atoms with Crippen molar-refractivity contribution in [1.29, 1.82) is 0 Å². The number of nitrogens with two attached hydrogens (primary N) is 1. The summed E-state index contributed by atoms with van der Waals surface area (Å²) in [6.07, 6.45) is 3.42. The molecule has 0 saturated carbocycles. The molecule has 5 nitrogen and oxygen atoms in total. The summed E-state index contributed by atoms with van der Waals surface area (Å²) in [6.45, 7) is 0.894. The Kier molecular flexibility index (Phi) is 3.52. The number of aromatic amines is 1. The highest BCUT2D eigenvalue weighted by atomic mass is 16.1. The van der Waals surface area contributed by atoms with Gasteiger partial charge in [-0.15, -0.1) is 0 Å². The number of hydrogen-bond donors (Lipinski definition) is 3. The first kappa shape index (κ1) is 11.3. The van der Waals surface area contributed by atoms with Crippen LogP contribution in [0.15, 0.2) is 36.7 Å². The van der Waals surface area contributed by atoms with Crippen LogP contribution in [0.2, 0.25) is 0 Å². The fraction of sp³-hybridized carbons (Fsp3) is 0.167. The maximum absolute atomic E-state index is 11.8. The van der Waals surface area contributed by atoms with Crippen molar-refractivity contribution in [3.05, 3.63) is 53.3 Å². The molecule has 1 heterocycles. The first-order chi connectivity index (χ1) is 8.29. The number of rotatable bonds is 4. The normalized spacial score (nSPS) is 10.2. The summed E-state index contributed by atoms with van der Waals surface area (Å²) in [5.41, 5.74) is 8.03. The lowest BCUT2D eigenvalue weighted by molar-refractivity contribution is 0.0951. The van der Waals surface area contributed by atoms with E-state index >= 15 is 0 Å². The van der Waals surface area contributed by atoms with Crippen LogP contribution in [0.1, 0.15) is 21.5 Å². The van der Waals surface area contributed by atoms with Crippen LogP contribution in [0.25, 0.3) is 0 Å². The van der Waals surface area contributed by atoms with Crippen LogP contribution in [0.5, 0.6) is 0 Å². The fourth-order valence-electron chi connectivity index (χ4n) is 1.50. The van der Waals surface area contributed by atoms with Gasteiger partial charge in [0.15, 0.2) is 0 Å². The van der Waals surface area contributed by atoms with Crippen LogP contribution in [0.4, 0.5) is 0 Å². The standard InChI is InChI=1S/C12H14N4O/c13-5-9-2-1-3-11(4-9)12(17)14-6-10-7-15-16-8-10/h1-4,7-8H,5-6,13H2,(H,14,17)(H,15,16). The number of nitrogens with zero attached hydrogens (tertiary/aromatic N) is 1. The van der Waals surface area contributed by atoms with Crippen molar-refractivity contribution >= 4 is 5.91 Å². The number of aromatic nitrogens is 2. The Balaban J connectivity index is 1.99. The molecule has 0 aliphatic rings. The lowest BCUT2D eigenvalue weighted by atomic mass is 10.1. The van der Waals surface area contributed by atoms with E-state index in [2.05, 4.69) is 15.5 Å². The second-order valence-electron chi connectivity index (χ2n) is 3.69. The zero-order valence-electron chi connectivity index (χ0n) is 9.31. The van der Waals surface area contributed by atoms with Crippen molar-refractivity contribution in [3.63, 3.8) is 0 Å². The molecule has 2 aromatic rings. The highest BCUT2D eigenvalue weighted by Gasteiger charge is 2.05. The third-order valence-electron chi connectivity index (χ3n) is 2.43. The van der Waals surface area contributed by atoms with E-state index in [9.17, 15) is 4.79 Å². The molecular formula is C12H14N4O. The molecule has 0 aliphatic carbocycles. The molecule has 1 amide bonds.